The summed E-state index contributed by atoms with van der Waals surface area (Å²) in [4.78, 5) is 25.5. The third kappa shape index (κ3) is 4.67. The van der Waals surface area contributed by atoms with Crippen LogP contribution in [0.1, 0.15) is 17.8 Å². The first-order valence-corrected chi connectivity index (χ1v) is 7.33. The van der Waals surface area contributed by atoms with Gasteiger partial charge in [-0.15, -0.1) is 0 Å². The molecule has 8 heteroatoms. The normalized spacial score (nSPS) is 10.4. The quantitative estimate of drug-likeness (QED) is 0.803. The van der Waals surface area contributed by atoms with Crippen molar-refractivity contribution < 1.29 is 9.53 Å². The molecule has 0 aliphatic carbocycles. The molecule has 2 N–H and O–H groups in total. The summed E-state index contributed by atoms with van der Waals surface area (Å²) in [6.07, 6.45) is 1.00. The van der Waals surface area contributed by atoms with Gasteiger partial charge in [0.2, 0.25) is 11.9 Å². The molecular weight excluding hydrogens is 290 g/mol. The molecule has 0 atom stereocenters. The van der Waals surface area contributed by atoms with Crippen molar-refractivity contribution in [2.24, 2.45) is 0 Å². The molecule has 0 aliphatic rings. The number of carbonyl (C=O) groups excluding carboxylic acids is 1. The Kier molecular flexibility index (Phi) is 5.04. The number of esters is 1. The lowest BCUT2D eigenvalue weighted by Crippen LogP contribution is -2.17. The zero-order valence-corrected chi connectivity index (χ0v) is 12.8. The van der Waals surface area contributed by atoms with Crippen LogP contribution in [-0.2, 0) is 22.6 Å². The first-order chi connectivity index (χ1) is 10.0. The average Bonchev–Trinajstić information content (AvgIpc) is 2.95. The monoisotopic (exact) mass is 307 g/mol. The topological polar surface area (TPSA) is 94.2 Å². The molecule has 0 aliphatic heterocycles. The molecule has 112 valence electrons. The van der Waals surface area contributed by atoms with Crippen LogP contribution in [0.25, 0.3) is 0 Å². The SMILES string of the molecule is CN(C)c1nc(N)nc(COC(=O)CCc2ccsc2)n1. The van der Waals surface area contributed by atoms with Crippen LogP contribution < -0.4 is 10.6 Å². The second-order valence-corrected chi connectivity index (χ2v) is 5.38. The summed E-state index contributed by atoms with van der Waals surface area (Å²) in [6, 6.07) is 1.99. The van der Waals surface area contributed by atoms with Crippen LogP contribution in [0.5, 0.6) is 0 Å². The van der Waals surface area contributed by atoms with Crippen LogP contribution in [0.2, 0.25) is 0 Å². The maximum Gasteiger partial charge on any atom is 0.306 e. The van der Waals surface area contributed by atoms with Gasteiger partial charge in [-0.05, 0) is 28.8 Å². The van der Waals surface area contributed by atoms with E-state index in [-0.39, 0.29) is 18.5 Å². The van der Waals surface area contributed by atoms with Crippen molar-refractivity contribution in [1.29, 1.82) is 0 Å². The van der Waals surface area contributed by atoms with Crippen LogP contribution in [0.3, 0.4) is 0 Å². The average molecular weight is 307 g/mol. The second-order valence-electron chi connectivity index (χ2n) is 4.60. The Morgan fingerprint density at radius 1 is 1.38 bits per heavy atom. The summed E-state index contributed by atoms with van der Waals surface area (Å²) in [6.45, 7) is -0.00394. The third-order valence-electron chi connectivity index (χ3n) is 2.65. The number of carbonyl (C=O) groups is 1. The summed E-state index contributed by atoms with van der Waals surface area (Å²) >= 11 is 1.61. The molecule has 0 saturated carbocycles. The van der Waals surface area contributed by atoms with E-state index < -0.39 is 0 Å². The van der Waals surface area contributed by atoms with Crippen LogP contribution in [0.15, 0.2) is 16.8 Å². The first kappa shape index (κ1) is 15.2. The van der Waals surface area contributed by atoms with Crippen molar-refractivity contribution in [1.82, 2.24) is 15.0 Å². The molecule has 0 fully saturated rings. The van der Waals surface area contributed by atoms with E-state index >= 15 is 0 Å². The molecule has 2 aromatic rings. The van der Waals surface area contributed by atoms with Crippen molar-refractivity contribution >= 4 is 29.2 Å². The smallest absolute Gasteiger partial charge is 0.306 e. The fourth-order valence-corrected chi connectivity index (χ4v) is 2.29. The van der Waals surface area contributed by atoms with Gasteiger partial charge < -0.3 is 15.4 Å². The van der Waals surface area contributed by atoms with Crippen molar-refractivity contribution in [3.8, 4) is 0 Å². The van der Waals surface area contributed by atoms with Gasteiger partial charge in [-0.1, -0.05) is 0 Å². The van der Waals surface area contributed by atoms with E-state index in [0.717, 1.165) is 5.56 Å². The van der Waals surface area contributed by atoms with Gasteiger partial charge >= 0.3 is 5.97 Å². The molecule has 2 heterocycles. The molecule has 0 saturated heterocycles. The van der Waals surface area contributed by atoms with Crippen LogP contribution in [0, 0.1) is 0 Å². The number of thiophene rings is 1. The highest BCUT2D eigenvalue weighted by Crippen LogP contribution is 2.10. The Bertz CT molecular complexity index is 601. The number of aromatic nitrogens is 3. The zero-order chi connectivity index (χ0) is 15.2. The van der Waals surface area contributed by atoms with E-state index in [2.05, 4.69) is 15.0 Å². The van der Waals surface area contributed by atoms with Crippen LogP contribution >= 0.6 is 11.3 Å². The lowest BCUT2D eigenvalue weighted by atomic mass is 10.2. The van der Waals surface area contributed by atoms with Gasteiger partial charge in [-0.25, -0.2) is 0 Å². The van der Waals surface area contributed by atoms with E-state index in [9.17, 15) is 4.79 Å². The zero-order valence-electron chi connectivity index (χ0n) is 11.9. The highest BCUT2D eigenvalue weighted by Gasteiger charge is 2.09. The Morgan fingerprint density at radius 3 is 2.86 bits per heavy atom. The van der Waals surface area contributed by atoms with Crippen LogP contribution in [-0.4, -0.2) is 35.0 Å². The molecule has 0 spiro atoms. The van der Waals surface area contributed by atoms with Gasteiger partial charge in [0.05, 0.1) is 0 Å². The lowest BCUT2D eigenvalue weighted by molar-refractivity contribution is -0.145. The van der Waals surface area contributed by atoms with E-state index in [0.29, 0.717) is 24.6 Å². The minimum Gasteiger partial charge on any atom is -0.457 e. The fourth-order valence-electron chi connectivity index (χ4n) is 1.59. The standard InChI is InChI=1S/C13H17N5O2S/c1-18(2)13-16-10(15-12(14)17-13)7-20-11(19)4-3-9-5-6-21-8-9/h5-6,8H,3-4,7H2,1-2H3,(H2,14,15,16,17). The summed E-state index contributed by atoms with van der Waals surface area (Å²) in [5.41, 5.74) is 6.73. The van der Waals surface area contributed by atoms with E-state index in [1.54, 1.807) is 30.3 Å². The summed E-state index contributed by atoms with van der Waals surface area (Å²) < 4.78 is 5.15. The number of hydrogen-bond acceptors (Lipinski definition) is 8. The second kappa shape index (κ2) is 6.98. The van der Waals surface area contributed by atoms with Crippen molar-refractivity contribution in [3.05, 3.63) is 28.2 Å². The summed E-state index contributed by atoms with van der Waals surface area (Å²) in [5, 5.41) is 4.00. The van der Waals surface area contributed by atoms with E-state index in [1.807, 2.05) is 16.8 Å². The number of hydrogen-bond donors (Lipinski definition) is 1. The molecule has 2 aromatic heterocycles. The molecule has 0 amide bonds. The molecule has 0 unspecified atom stereocenters. The summed E-state index contributed by atoms with van der Waals surface area (Å²) in [7, 11) is 3.59. The van der Waals surface area contributed by atoms with E-state index in [1.165, 1.54) is 0 Å². The first-order valence-electron chi connectivity index (χ1n) is 6.39. The summed E-state index contributed by atoms with van der Waals surface area (Å²) in [5.74, 6) is 0.603. The lowest BCUT2D eigenvalue weighted by Gasteiger charge is -2.11. The van der Waals surface area contributed by atoms with Gasteiger partial charge in [0, 0.05) is 20.5 Å². The minimum absolute atomic E-state index is 0.00394. The molecule has 21 heavy (non-hydrogen) atoms. The number of nitrogens with zero attached hydrogens (tertiary/aromatic N) is 4. The maximum absolute atomic E-state index is 11.7. The Hall–Kier alpha value is -2.22. The molecular formula is C13H17N5O2S. The van der Waals surface area contributed by atoms with Crippen molar-refractivity contribution in [3.63, 3.8) is 0 Å². The van der Waals surface area contributed by atoms with Gasteiger partial charge in [-0.3, -0.25) is 4.79 Å². The fraction of sp³-hybridized carbons (Fsp3) is 0.385. The molecule has 0 radical (unpaired) electrons. The Balaban J connectivity index is 1.86. The molecule has 2 rings (SSSR count). The highest BCUT2D eigenvalue weighted by atomic mass is 32.1. The number of aryl methyl sites for hydroxylation is 1. The third-order valence-corrected chi connectivity index (χ3v) is 3.38. The van der Waals surface area contributed by atoms with Crippen molar-refractivity contribution in [2.45, 2.75) is 19.4 Å². The molecule has 0 aromatic carbocycles. The Labute approximate surface area is 126 Å². The number of anilines is 2. The van der Waals surface area contributed by atoms with Gasteiger partial charge in [-0.2, -0.15) is 26.3 Å². The number of nitrogens with two attached hydrogens (primary N) is 1. The number of rotatable bonds is 6. The van der Waals surface area contributed by atoms with Crippen LogP contribution in [0.4, 0.5) is 11.9 Å². The Morgan fingerprint density at radius 2 is 2.19 bits per heavy atom. The maximum atomic E-state index is 11.7. The van der Waals surface area contributed by atoms with Gasteiger partial charge in [0.15, 0.2) is 12.4 Å². The highest BCUT2D eigenvalue weighted by molar-refractivity contribution is 7.07. The predicted octanol–water partition coefficient (Wildman–Crippen LogP) is 1.26. The number of ether oxygens (including phenoxy) is 1. The minimum atomic E-state index is -0.286. The van der Waals surface area contributed by atoms with Gasteiger partial charge in [0.1, 0.15) is 0 Å². The number of nitrogen functional groups attached to an aromatic ring is 1. The molecule has 0 bridgehead atoms. The molecule has 7 nitrogen and oxygen atoms in total. The largest absolute Gasteiger partial charge is 0.457 e. The predicted molar refractivity (Wildman–Crippen MR) is 81.0 cm³/mol. The van der Waals surface area contributed by atoms with Gasteiger partial charge in [0.25, 0.3) is 0 Å². The van der Waals surface area contributed by atoms with E-state index in [4.69, 9.17) is 10.5 Å². The van der Waals surface area contributed by atoms with Crippen molar-refractivity contribution in [2.75, 3.05) is 24.7 Å².